The Kier molecular flexibility index (Phi) is 6.86. The van der Waals surface area contributed by atoms with E-state index in [4.69, 9.17) is 16.3 Å². The third-order valence-electron chi connectivity index (χ3n) is 4.21. The van der Waals surface area contributed by atoms with Crippen LogP contribution in [0.5, 0.6) is 5.75 Å². The summed E-state index contributed by atoms with van der Waals surface area (Å²) < 4.78 is 91.4. The molecular weight excluding hydrogens is 512 g/mol. The first kappa shape index (κ1) is 24.7. The lowest BCUT2D eigenvalue weighted by Gasteiger charge is -2.13. The number of esters is 1. The van der Waals surface area contributed by atoms with E-state index in [9.17, 15) is 30.8 Å². The molecule has 0 radical (unpaired) electrons. The van der Waals surface area contributed by atoms with E-state index in [0.29, 0.717) is 23.5 Å². The molecule has 1 heterocycles. The van der Waals surface area contributed by atoms with Gasteiger partial charge in [0.15, 0.2) is 5.03 Å². The molecule has 0 aliphatic carbocycles. The molecule has 3 rings (SSSR count). The van der Waals surface area contributed by atoms with Crippen LogP contribution < -0.4 is 9.46 Å². The fraction of sp³-hybridized carbons (Fsp3) is 0.158. The fourth-order valence-corrected chi connectivity index (χ4v) is 5.08. The number of rotatable bonds is 6. The number of sulfonamides is 1. The molecule has 0 aliphatic heterocycles. The standard InChI is InChI=1S/C19H13ClF4N2O5S2/c1-30-15-6-11(18(27)31-2)13(21)7-14(15)26-33(28,29)16-8-32-17(25-16)10-4-3-9(20)5-12(10)19(22,23)24/h3-8,26H,1-2H3. The third kappa shape index (κ3) is 5.20. The van der Waals surface area contributed by atoms with Crippen molar-refractivity contribution in [3.8, 4) is 16.3 Å². The van der Waals surface area contributed by atoms with Gasteiger partial charge >= 0.3 is 12.1 Å². The van der Waals surface area contributed by atoms with E-state index in [1.165, 1.54) is 6.07 Å². The molecule has 33 heavy (non-hydrogen) atoms. The van der Waals surface area contributed by atoms with Crippen LogP contribution in [0.2, 0.25) is 5.02 Å². The zero-order valence-corrected chi connectivity index (χ0v) is 19.0. The van der Waals surface area contributed by atoms with Gasteiger partial charge in [0.05, 0.1) is 31.0 Å². The van der Waals surface area contributed by atoms with Gasteiger partial charge in [-0.3, -0.25) is 4.72 Å². The molecule has 3 aromatic rings. The summed E-state index contributed by atoms with van der Waals surface area (Å²) in [5.41, 5.74) is -2.29. The monoisotopic (exact) mass is 524 g/mol. The highest BCUT2D eigenvalue weighted by Crippen LogP contribution is 2.40. The van der Waals surface area contributed by atoms with Crippen LogP contribution >= 0.6 is 22.9 Å². The van der Waals surface area contributed by atoms with Gasteiger partial charge in [-0.15, -0.1) is 11.3 Å². The largest absolute Gasteiger partial charge is 0.495 e. The number of carbonyl (C=O) groups excluding carboxylic acids is 1. The lowest BCUT2D eigenvalue weighted by Crippen LogP contribution is -2.15. The summed E-state index contributed by atoms with van der Waals surface area (Å²) >= 11 is 6.32. The minimum absolute atomic E-state index is 0.151. The van der Waals surface area contributed by atoms with E-state index in [1.807, 2.05) is 0 Å². The number of nitrogens with one attached hydrogen (secondary N) is 1. The second kappa shape index (κ2) is 9.15. The summed E-state index contributed by atoms with van der Waals surface area (Å²) in [6.45, 7) is 0. The Morgan fingerprint density at radius 2 is 1.88 bits per heavy atom. The molecule has 176 valence electrons. The van der Waals surface area contributed by atoms with Gasteiger partial charge in [0.2, 0.25) is 0 Å². The third-order valence-corrected chi connectivity index (χ3v) is 6.72. The van der Waals surface area contributed by atoms with Gasteiger partial charge in [0, 0.05) is 22.0 Å². The van der Waals surface area contributed by atoms with Crippen molar-refractivity contribution in [1.82, 2.24) is 4.98 Å². The Labute approximate surface area is 194 Å². The zero-order valence-electron chi connectivity index (χ0n) is 16.7. The number of benzene rings is 2. The second-order valence-electron chi connectivity index (χ2n) is 6.31. The number of ether oxygens (including phenoxy) is 2. The van der Waals surface area contributed by atoms with Gasteiger partial charge in [0.1, 0.15) is 16.6 Å². The fourth-order valence-electron chi connectivity index (χ4n) is 2.71. The van der Waals surface area contributed by atoms with E-state index in [1.54, 1.807) is 0 Å². The maximum Gasteiger partial charge on any atom is 0.417 e. The first-order valence-corrected chi connectivity index (χ1v) is 11.4. The normalized spacial score (nSPS) is 11.8. The average molecular weight is 525 g/mol. The Morgan fingerprint density at radius 1 is 1.18 bits per heavy atom. The predicted octanol–water partition coefficient (Wildman–Crippen LogP) is 5.22. The average Bonchev–Trinajstić information content (AvgIpc) is 3.23. The van der Waals surface area contributed by atoms with Crippen molar-refractivity contribution in [2.75, 3.05) is 18.9 Å². The van der Waals surface area contributed by atoms with Crippen LogP contribution in [0.15, 0.2) is 40.7 Å². The Hall–Kier alpha value is -2.90. The van der Waals surface area contributed by atoms with Crippen molar-refractivity contribution in [1.29, 1.82) is 0 Å². The van der Waals surface area contributed by atoms with E-state index in [-0.39, 0.29) is 27.0 Å². The number of nitrogens with zero attached hydrogens (tertiary/aromatic N) is 1. The number of thiazole rings is 1. The number of halogens is 5. The van der Waals surface area contributed by atoms with E-state index >= 15 is 0 Å². The molecular formula is C19H13ClF4N2O5S2. The molecule has 0 spiro atoms. The van der Waals surface area contributed by atoms with Crippen LogP contribution in [0.4, 0.5) is 23.2 Å². The maximum absolute atomic E-state index is 14.3. The highest BCUT2D eigenvalue weighted by Gasteiger charge is 2.35. The molecule has 1 N–H and O–H groups in total. The lowest BCUT2D eigenvalue weighted by atomic mass is 10.1. The Bertz CT molecular complexity index is 1330. The number of hydrogen-bond acceptors (Lipinski definition) is 7. The predicted molar refractivity (Wildman–Crippen MR) is 113 cm³/mol. The number of alkyl halides is 3. The van der Waals surface area contributed by atoms with Gasteiger partial charge in [-0.25, -0.2) is 14.2 Å². The molecule has 1 aromatic heterocycles. The molecule has 7 nitrogen and oxygen atoms in total. The quantitative estimate of drug-likeness (QED) is 0.351. The zero-order chi connectivity index (χ0) is 24.6. The van der Waals surface area contributed by atoms with Crippen LogP contribution in [0, 0.1) is 5.82 Å². The molecule has 0 unspecified atom stereocenters. The van der Waals surface area contributed by atoms with Crippen LogP contribution in [-0.2, 0) is 20.9 Å². The molecule has 0 saturated heterocycles. The number of carbonyl (C=O) groups is 1. The van der Waals surface area contributed by atoms with Crippen LogP contribution in [0.1, 0.15) is 15.9 Å². The van der Waals surface area contributed by atoms with Gasteiger partial charge in [0.25, 0.3) is 10.0 Å². The first-order chi connectivity index (χ1) is 15.4. The van der Waals surface area contributed by atoms with Gasteiger partial charge in [-0.1, -0.05) is 11.6 Å². The number of hydrogen-bond donors (Lipinski definition) is 1. The summed E-state index contributed by atoms with van der Waals surface area (Å²) in [4.78, 5) is 15.4. The van der Waals surface area contributed by atoms with Crippen molar-refractivity contribution in [3.05, 3.63) is 57.7 Å². The van der Waals surface area contributed by atoms with Crippen LogP contribution in [0.25, 0.3) is 10.6 Å². The number of methoxy groups -OCH3 is 2. The summed E-state index contributed by atoms with van der Waals surface area (Å²) in [6, 6.07) is 4.65. The Balaban J connectivity index is 1.99. The van der Waals surface area contributed by atoms with E-state index in [0.717, 1.165) is 31.7 Å². The van der Waals surface area contributed by atoms with Crippen LogP contribution in [0.3, 0.4) is 0 Å². The van der Waals surface area contributed by atoms with Crippen molar-refractivity contribution in [3.63, 3.8) is 0 Å². The van der Waals surface area contributed by atoms with Gasteiger partial charge < -0.3 is 9.47 Å². The second-order valence-corrected chi connectivity index (χ2v) is 9.23. The number of aromatic nitrogens is 1. The van der Waals surface area contributed by atoms with Crippen molar-refractivity contribution in [2.24, 2.45) is 0 Å². The van der Waals surface area contributed by atoms with Crippen molar-refractivity contribution < 1.29 is 40.2 Å². The van der Waals surface area contributed by atoms with Gasteiger partial charge in [-0.2, -0.15) is 21.6 Å². The molecule has 14 heteroatoms. The van der Waals surface area contributed by atoms with E-state index < -0.39 is 44.1 Å². The summed E-state index contributed by atoms with van der Waals surface area (Å²) in [5, 5.41) is 0.0447. The topological polar surface area (TPSA) is 94.6 Å². The summed E-state index contributed by atoms with van der Waals surface area (Å²) in [5.74, 6) is -2.30. The smallest absolute Gasteiger partial charge is 0.417 e. The van der Waals surface area contributed by atoms with Crippen molar-refractivity contribution in [2.45, 2.75) is 11.2 Å². The van der Waals surface area contributed by atoms with Gasteiger partial charge in [-0.05, 0) is 24.3 Å². The SMILES string of the molecule is COC(=O)c1cc(OC)c(NS(=O)(=O)c2csc(-c3ccc(Cl)cc3C(F)(F)F)n2)cc1F. The first-order valence-electron chi connectivity index (χ1n) is 8.68. The van der Waals surface area contributed by atoms with Crippen molar-refractivity contribution >= 4 is 44.6 Å². The molecule has 0 amide bonds. The highest BCUT2D eigenvalue weighted by atomic mass is 35.5. The van der Waals surface area contributed by atoms with E-state index in [2.05, 4.69) is 14.4 Å². The molecule has 0 bridgehead atoms. The molecule has 0 fully saturated rings. The molecule has 2 aromatic carbocycles. The number of anilines is 1. The summed E-state index contributed by atoms with van der Waals surface area (Å²) in [6.07, 6.45) is -4.75. The molecule has 0 saturated carbocycles. The molecule has 0 atom stereocenters. The summed E-state index contributed by atoms with van der Waals surface area (Å²) in [7, 11) is -2.27. The minimum atomic E-state index is -4.75. The van der Waals surface area contributed by atoms with Crippen LogP contribution in [-0.4, -0.2) is 33.6 Å². The minimum Gasteiger partial charge on any atom is -0.495 e. The lowest BCUT2D eigenvalue weighted by molar-refractivity contribution is -0.137. The maximum atomic E-state index is 14.3. The molecule has 0 aliphatic rings. The Morgan fingerprint density at radius 3 is 2.48 bits per heavy atom. The highest BCUT2D eigenvalue weighted by molar-refractivity contribution is 7.92.